The van der Waals surface area contributed by atoms with E-state index in [4.69, 9.17) is 14.5 Å². The summed E-state index contributed by atoms with van der Waals surface area (Å²) in [7, 11) is 3.08. The monoisotopic (exact) mass is 441 g/mol. The highest BCUT2D eigenvalue weighted by atomic mass is 32.1. The number of hydrogen-bond donors (Lipinski definition) is 0. The van der Waals surface area contributed by atoms with Crippen molar-refractivity contribution >= 4 is 27.3 Å². The number of aromatic nitrogens is 2. The van der Waals surface area contributed by atoms with E-state index in [-0.39, 0.29) is 17.9 Å². The van der Waals surface area contributed by atoms with Gasteiger partial charge >= 0.3 is 0 Å². The lowest BCUT2D eigenvalue weighted by atomic mass is 10.1. The van der Waals surface area contributed by atoms with Crippen LogP contribution in [0.3, 0.4) is 0 Å². The van der Waals surface area contributed by atoms with Gasteiger partial charge in [0.2, 0.25) is 0 Å². The number of benzene rings is 1. The molecule has 1 aromatic carbocycles. The second-order valence-corrected chi connectivity index (χ2v) is 9.06. The van der Waals surface area contributed by atoms with E-state index in [1.165, 1.54) is 18.4 Å². The maximum Gasteiger partial charge on any atom is 0.263 e. The summed E-state index contributed by atoms with van der Waals surface area (Å²) in [6.45, 7) is 6.39. The standard InChI is InChI=1S/C23H27N3O4S/c1-14-15(2)31-22-21(14)23(28)26(20(24-22)13-25-9-5-6-10-25)12-18(27)17-8-7-16(29-3)11-19(17)30-4/h7-8,11H,5-6,9-10,12-13H2,1-4H3. The molecule has 0 spiro atoms. The fourth-order valence-corrected chi connectivity index (χ4v) is 5.09. The number of thiophene rings is 1. The molecule has 1 fully saturated rings. The molecule has 1 aliphatic rings. The molecular weight excluding hydrogens is 414 g/mol. The number of fused-ring (bicyclic) bond motifs is 1. The fraction of sp³-hybridized carbons (Fsp3) is 0.435. The number of ketones is 1. The Morgan fingerprint density at radius 3 is 2.58 bits per heavy atom. The molecular formula is C23H27N3O4S. The van der Waals surface area contributed by atoms with Gasteiger partial charge in [0.25, 0.3) is 5.56 Å². The van der Waals surface area contributed by atoms with E-state index >= 15 is 0 Å². The van der Waals surface area contributed by atoms with Crippen LogP contribution in [0.4, 0.5) is 0 Å². The summed E-state index contributed by atoms with van der Waals surface area (Å²) in [4.78, 5) is 35.7. The van der Waals surface area contributed by atoms with Crippen LogP contribution in [0.5, 0.6) is 11.5 Å². The molecule has 0 unspecified atom stereocenters. The first-order valence-electron chi connectivity index (χ1n) is 10.4. The predicted molar refractivity (Wildman–Crippen MR) is 122 cm³/mol. The summed E-state index contributed by atoms with van der Waals surface area (Å²) in [6.07, 6.45) is 2.29. The second-order valence-electron chi connectivity index (χ2n) is 7.86. The summed E-state index contributed by atoms with van der Waals surface area (Å²) in [6, 6.07) is 5.07. The van der Waals surface area contributed by atoms with Crippen molar-refractivity contribution in [2.75, 3.05) is 27.3 Å². The average Bonchev–Trinajstić information content (AvgIpc) is 3.38. The van der Waals surface area contributed by atoms with Gasteiger partial charge in [-0.2, -0.15) is 0 Å². The van der Waals surface area contributed by atoms with E-state index < -0.39 is 0 Å². The molecule has 0 bridgehead atoms. The summed E-state index contributed by atoms with van der Waals surface area (Å²) in [5, 5.41) is 0.613. The SMILES string of the molecule is COc1ccc(C(=O)Cn2c(CN3CCCC3)nc3sc(C)c(C)c3c2=O)c(OC)c1. The van der Waals surface area contributed by atoms with Crippen LogP contribution in [0.2, 0.25) is 0 Å². The Morgan fingerprint density at radius 2 is 1.90 bits per heavy atom. The van der Waals surface area contributed by atoms with Crippen molar-refractivity contribution in [2.45, 2.75) is 39.8 Å². The first-order valence-corrected chi connectivity index (χ1v) is 11.2. The molecule has 1 saturated heterocycles. The third-order valence-electron chi connectivity index (χ3n) is 5.94. The zero-order valence-corrected chi connectivity index (χ0v) is 19.2. The molecule has 164 valence electrons. The zero-order valence-electron chi connectivity index (χ0n) is 18.4. The molecule has 3 heterocycles. The number of Topliss-reactive ketones (excluding diaryl/α,β-unsaturated/α-hetero) is 1. The van der Waals surface area contributed by atoms with Crippen LogP contribution in [0.25, 0.3) is 10.2 Å². The number of likely N-dealkylation sites (tertiary alicyclic amines) is 1. The summed E-state index contributed by atoms with van der Waals surface area (Å²) < 4.78 is 12.2. The van der Waals surface area contributed by atoms with Crippen LogP contribution in [0.15, 0.2) is 23.0 Å². The smallest absolute Gasteiger partial charge is 0.263 e. The third kappa shape index (κ3) is 4.09. The van der Waals surface area contributed by atoms with Crippen molar-refractivity contribution in [1.29, 1.82) is 0 Å². The second kappa shape index (κ2) is 8.80. The predicted octanol–water partition coefficient (Wildman–Crippen LogP) is 3.57. The number of ether oxygens (including phenoxy) is 2. The van der Waals surface area contributed by atoms with Gasteiger partial charge in [-0.15, -0.1) is 11.3 Å². The van der Waals surface area contributed by atoms with E-state index in [1.807, 2.05) is 13.8 Å². The lowest BCUT2D eigenvalue weighted by molar-refractivity contribution is 0.0965. The molecule has 0 amide bonds. The summed E-state index contributed by atoms with van der Waals surface area (Å²) in [5.41, 5.74) is 1.20. The number of carbonyl (C=O) groups excluding carboxylic acids is 1. The van der Waals surface area contributed by atoms with Crippen LogP contribution in [0.1, 0.15) is 39.5 Å². The third-order valence-corrected chi connectivity index (χ3v) is 7.04. The number of nitrogens with zero attached hydrogens (tertiary/aromatic N) is 3. The largest absolute Gasteiger partial charge is 0.497 e. The van der Waals surface area contributed by atoms with Crippen LogP contribution < -0.4 is 15.0 Å². The van der Waals surface area contributed by atoms with Gasteiger partial charge in [0, 0.05) is 10.9 Å². The van der Waals surface area contributed by atoms with E-state index in [1.54, 1.807) is 29.9 Å². The van der Waals surface area contributed by atoms with Gasteiger partial charge in [-0.3, -0.25) is 19.1 Å². The van der Waals surface area contributed by atoms with E-state index in [2.05, 4.69) is 4.90 Å². The molecule has 1 aliphatic heterocycles. The van der Waals surface area contributed by atoms with Gasteiger partial charge in [0.05, 0.1) is 38.3 Å². The van der Waals surface area contributed by atoms with E-state index in [0.29, 0.717) is 34.8 Å². The number of aryl methyl sites for hydroxylation is 2. The molecule has 8 heteroatoms. The molecule has 31 heavy (non-hydrogen) atoms. The Labute approximate surface area is 185 Å². The van der Waals surface area contributed by atoms with E-state index in [0.717, 1.165) is 41.2 Å². The van der Waals surface area contributed by atoms with Crippen molar-refractivity contribution in [3.8, 4) is 11.5 Å². The molecule has 0 saturated carbocycles. The summed E-state index contributed by atoms with van der Waals surface area (Å²) in [5.74, 6) is 1.47. The van der Waals surface area contributed by atoms with Crippen LogP contribution >= 0.6 is 11.3 Å². The molecule has 4 rings (SSSR count). The van der Waals surface area contributed by atoms with Crippen LogP contribution in [-0.2, 0) is 13.1 Å². The maximum absolute atomic E-state index is 13.5. The topological polar surface area (TPSA) is 73.7 Å². The molecule has 0 atom stereocenters. The van der Waals surface area contributed by atoms with Crippen LogP contribution in [-0.4, -0.2) is 47.5 Å². The Kier molecular flexibility index (Phi) is 6.11. The first-order chi connectivity index (χ1) is 14.9. The molecule has 0 radical (unpaired) electrons. The number of methoxy groups -OCH3 is 2. The molecule has 0 N–H and O–H groups in total. The lowest BCUT2D eigenvalue weighted by Gasteiger charge is -2.18. The number of hydrogen-bond acceptors (Lipinski definition) is 7. The van der Waals surface area contributed by atoms with Crippen molar-refractivity contribution in [3.63, 3.8) is 0 Å². The highest BCUT2D eigenvalue weighted by molar-refractivity contribution is 7.18. The number of carbonyl (C=O) groups is 1. The van der Waals surface area contributed by atoms with Crippen molar-refractivity contribution in [2.24, 2.45) is 0 Å². The van der Waals surface area contributed by atoms with Gasteiger partial charge in [-0.25, -0.2) is 4.98 Å². The van der Waals surface area contributed by atoms with Crippen molar-refractivity contribution in [1.82, 2.24) is 14.5 Å². The molecule has 7 nitrogen and oxygen atoms in total. The quantitative estimate of drug-likeness (QED) is 0.522. The van der Waals surface area contributed by atoms with Gasteiger partial charge in [-0.1, -0.05) is 0 Å². The van der Waals surface area contributed by atoms with Crippen molar-refractivity contribution in [3.05, 3.63) is 50.4 Å². The van der Waals surface area contributed by atoms with E-state index in [9.17, 15) is 9.59 Å². The molecule has 2 aromatic heterocycles. The zero-order chi connectivity index (χ0) is 22.1. The van der Waals surface area contributed by atoms with Crippen molar-refractivity contribution < 1.29 is 14.3 Å². The highest BCUT2D eigenvalue weighted by Gasteiger charge is 2.22. The lowest BCUT2D eigenvalue weighted by Crippen LogP contribution is -2.32. The first kappa shape index (κ1) is 21.5. The minimum absolute atomic E-state index is 0.0814. The summed E-state index contributed by atoms with van der Waals surface area (Å²) >= 11 is 1.54. The van der Waals surface area contributed by atoms with Gasteiger partial charge < -0.3 is 9.47 Å². The van der Waals surface area contributed by atoms with Crippen LogP contribution in [0, 0.1) is 13.8 Å². The highest BCUT2D eigenvalue weighted by Crippen LogP contribution is 2.28. The Balaban J connectivity index is 1.78. The molecule has 0 aliphatic carbocycles. The number of rotatable bonds is 7. The average molecular weight is 442 g/mol. The molecule has 3 aromatic rings. The Bertz CT molecular complexity index is 1190. The minimum atomic E-state index is -0.199. The Hall–Kier alpha value is -2.71. The van der Waals surface area contributed by atoms with Gasteiger partial charge in [0.1, 0.15) is 22.2 Å². The Morgan fingerprint density at radius 1 is 1.16 bits per heavy atom. The van der Waals surface area contributed by atoms with Gasteiger partial charge in [-0.05, 0) is 57.5 Å². The normalized spacial score (nSPS) is 14.3. The fourth-order valence-electron chi connectivity index (χ4n) is 4.05. The minimum Gasteiger partial charge on any atom is -0.497 e. The van der Waals surface area contributed by atoms with Gasteiger partial charge in [0.15, 0.2) is 5.78 Å². The maximum atomic E-state index is 13.5.